The van der Waals surface area contributed by atoms with Crippen LogP contribution < -0.4 is 0 Å². The Hall–Kier alpha value is -1.95. The second kappa shape index (κ2) is 4.93. The van der Waals surface area contributed by atoms with Crippen molar-refractivity contribution < 1.29 is 9.47 Å². The minimum atomic E-state index is 0.179. The maximum atomic E-state index is 8.78. The zero-order valence-corrected chi connectivity index (χ0v) is 8.15. The van der Waals surface area contributed by atoms with Crippen molar-refractivity contribution in [2.24, 2.45) is 0 Å². The molecule has 0 saturated heterocycles. The van der Waals surface area contributed by atoms with Crippen LogP contribution in [0.2, 0.25) is 0 Å². The minimum absolute atomic E-state index is 0.179. The molecule has 0 heterocycles. The van der Waals surface area contributed by atoms with Crippen molar-refractivity contribution in [3.63, 3.8) is 0 Å². The van der Waals surface area contributed by atoms with E-state index in [1.807, 2.05) is 36.4 Å². The number of methoxy groups -OCH3 is 2. The fourth-order valence-electron chi connectivity index (χ4n) is 1.12. The van der Waals surface area contributed by atoms with Crippen molar-refractivity contribution in [2.75, 3.05) is 14.2 Å². The van der Waals surface area contributed by atoms with E-state index in [4.69, 9.17) is 14.7 Å². The van der Waals surface area contributed by atoms with E-state index in [2.05, 4.69) is 0 Å². The minimum Gasteiger partial charge on any atom is -0.492 e. The Balaban J connectivity index is 3.17. The number of nitrogens with zero attached hydrogens (tertiary/aromatic N) is 1. The predicted octanol–water partition coefficient (Wildman–Crippen LogP) is 2.17. The lowest BCUT2D eigenvalue weighted by Gasteiger charge is -2.07. The molecule has 0 atom stereocenters. The molecule has 1 rings (SSSR count). The van der Waals surface area contributed by atoms with E-state index in [0.717, 1.165) is 5.56 Å². The molecule has 0 N–H and O–H groups in total. The Morgan fingerprint density at radius 2 is 1.79 bits per heavy atom. The smallest absolute Gasteiger partial charge is 0.240 e. The summed E-state index contributed by atoms with van der Waals surface area (Å²) in [5, 5.41) is 8.78. The van der Waals surface area contributed by atoms with Gasteiger partial charge < -0.3 is 9.47 Å². The van der Waals surface area contributed by atoms with E-state index in [0.29, 0.717) is 5.76 Å². The maximum absolute atomic E-state index is 8.78. The summed E-state index contributed by atoms with van der Waals surface area (Å²) in [6, 6.07) is 11.3. The fraction of sp³-hybridized carbons (Fsp3) is 0.182. The zero-order valence-electron chi connectivity index (χ0n) is 8.15. The molecule has 0 aromatic heterocycles. The van der Waals surface area contributed by atoms with Crippen LogP contribution in [0.15, 0.2) is 36.1 Å². The van der Waals surface area contributed by atoms with Gasteiger partial charge in [-0.05, 0) is 0 Å². The second-order valence-corrected chi connectivity index (χ2v) is 2.54. The number of nitriles is 1. The fourth-order valence-corrected chi connectivity index (χ4v) is 1.12. The summed E-state index contributed by atoms with van der Waals surface area (Å²) < 4.78 is 10.0. The van der Waals surface area contributed by atoms with Gasteiger partial charge in [0.2, 0.25) is 5.76 Å². The molecule has 3 nitrogen and oxygen atoms in total. The third kappa shape index (κ3) is 2.05. The SMILES string of the molecule is COC(C#N)=C(OC)c1ccccc1. The third-order valence-electron chi connectivity index (χ3n) is 1.75. The van der Waals surface area contributed by atoms with Crippen molar-refractivity contribution in [1.29, 1.82) is 5.26 Å². The molecule has 0 aliphatic carbocycles. The molecule has 1 aromatic carbocycles. The first kappa shape index (κ1) is 10.1. The molecule has 0 aliphatic rings. The lowest BCUT2D eigenvalue weighted by molar-refractivity contribution is 0.281. The molecule has 72 valence electrons. The van der Waals surface area contributed by atoms with E-state index < -0.39 is 0 Å². The number of rotatable bonds is 3. The largest absolute Gasteiger partial charge is 0.492 e. The van der Waals surface area contributed by atoms with Gasteiger partial charge in [0.1, 0.15) is 6.07 Å². The van der Waals surface area contributed by atoms with Crippen LogP contribution >= 0.6 is 0 Å². The highest BCUT2D eigenvalue weighted by Gasteiger charge is 2.09. The van der Waals surface area contributed by atoms with Gasteiger partial charge in [-0.1, -0.05) is 30.3 Å². The topological polar surface area (TPSA) is 42.2 Å². The van der Waals surface area contributed by atoms with Crippen molar-refractivity contribution in [3.05, 3.63) is 41.7 Å². The number of ether oxygens (including phenoxy) is 2. The Labute approximate surface area is 83.2 Å². The summed E-state index contributed by atoms with van der Waals surface area (Å²) in [6.45, 7) is 0. The molecule has 0 radical (unpaired) electrons. The van der Waals surface area contributed by atoms with E-state index in [1.165, 1.54) is 14.2 Å². The van der Waals surface area contributed by atoms with Crippen LogP contribution in [-0.2, 0) is 9.47 Å². The number of benzene rings is 1. The molecule has 0 fully saturated rings. The van der Waals surface area contributed by atoms with Crippen LogP contribution in [0.1, 0.15) is 5.56 Å². The van der Waals surface area contributed by atoms with E-state index in [9.17, 15) is 0 Å². The van der Waals surface area contributed by atoms with Gasteiger partial charge in [-0.15, -0.1) is 0 Å². The maximum Gasteiger partial charge on any atom is 0.240 e. The highest BCUT2D eigenvalue weighted by molar-refractivity contribution is 5.64. The number of hydrogen-bond donors (Lipinski definition) is 0. The van der Waals surface area contributed by atoms with Gasteiger partial charge in [0.05, 0.1) is 14.2 Å². The molecule has 0 amide bonds. The van der Waals surface area contributed by atoms with Gasteiger partial charge in [-0.25, -0.2) is 0 Å². The van der Waals surface area contributed by atoms with Crippen LogP contribution in [0.4, 0.5) is 0 Å². The highest BCUT2D eigenvalue weighted by Crippen LogP contribution is 2.18. The summed E-state index contributed by atoms with van der Waals surface area (Å²) >= 11 is 0. The van der Waals surface area contributed by atoms with Crippen LogP contribution in [0.3, 0.4) is 0 Å². The van der Waals surface area contributed by atoms with E-state index in [-0.39, 0.29) is 5.76 Å². The molecule has 0 saturated carbocycles. The average molecular weight is 189 g/mol. The number of allylic oxidation sites excluding steroid dienone is 1. The molecule has 0 bridgehead atoms. The van der Waals surface area contributed by atoms with Gasteiger partial charge in [-0.3, -0.25) is 0 Å². The van der Waals surface area contributed by atoms with Gasteiger partial charge in [0.15, 0.2) is 5.76 Å². The third-order valence-corrected chi connectivity index (χ3v) is 1.75. The summed E-state index contributed by atoms with van der Waals surface area (Å²) in [4.78, 5) is 0. The van der Waals surface area contributed by atoms with Crippen molar-refractivity contribution in [1.82, 2.24) is 0 Å². The van der Waals surface area contributed by atoms with Crippen LogP contribution in [-0.4, -0.2) is 14.2 Å². The molecule has 1 aromatic rings. The predicted molar refractivity (Wildman–Crippen MR) is 53.0 cm³/mol. The summed E-state index contributed by atoms with van der Waals surface area (Å²) in [7, 11) is 2.96. The summed E-state index contributed by atoms with van der Waals surface area (Å²) in [5.74, 6) is 0.634. The Morgan fingerprint density at radius 3 is 2.21 bits per heavy atom. The van der Waals surface area contributed by atoms with Gasteiger partial charge in [0.25, 0.3) is 0 Å². The first-order valence-electron chi connectivity index (χ1n) is 4.11. The van der Waals surface area contributed by atoms with Crippen LogP contribution in [0, 0.1) is 11.3 Å². The first-order valence-corrected chi connectivity index (χ1v) is 4.11. The Bertz CT molecular complexity index is 363. The van der Waals surface area contributed by atoms with E-state index >= 15 is 0 Å². The van der Waals surface area contributed by atoms with Crippen molar-refractivity contribution >= 4 is 5.76 Å². The molecule has 0 aliphatic heterocycles. The van der Waals surface area contributed by atoms with Crippen LogP contribution in [0.5, 0.6) is 0 Å². The Morgan fingerprint density at radius 1 is 1.14 bits per heavy atom. The number of hydrogen-bond acceptors (Lipinski definition) is 3. The van der Waals surface area contributed by atoms with Crippen molar-refractivity contribution in [2.45, 2.75) is 0 Å². The molecule has 0 unspecified atom stereocenters. The second-order valence-electron chi connectivity index (χ2n) is 2.54. The quantitative estimate of drug-likeness (QED) is 0.540. The van der Waals surface area contributed by atoms with Gasteiger partial charge in [-0.2, -0.15) is 5.26 Å². The molecule has 0 spiro atoms. The zero-order chi connectivity index (χ0) is 10.4. The molecule has 14 heavy (non-hydrogen) atoms. The van der Waals surface area contributed by atoms with Gasteiger partial charge >= 0.3 is 0 Å². The monoisotopic (exact) mass is 189 g/mol. The normalized spacial score (nSPS) is 11.2. The van der Waals surface area contributed by atoms with Crippen LogP contribution in [0.25, 0.3) is 5.76 Å². The van der Waals surface area contributed by atoms with Crippen molar-refractivity contribution in [3.8, 4) is 6.07 Å². The molecular weight excluding hydrogens is 178 g/mol. The summed E-state index contributed by atoms with van der Waals surface area (Å²) in [5.41, 5.74) is 0.827. The lowest BCUT2D eigenvalue weighted by atomic mass is 10.2. The molecular formula is C11H11NO2. The first-order chi connectivity index (χ1) is 6.83. The average Bonchev–Trinajstić information content (AvgIpc) is 2.27. The van der Waals surface area contributed by atoms with Gasteiger partial charge in [0, 0.05) is 5.56 Å². The molecule has 3 heteroatoms. The van der Waals surface area contributed by atoms with E-state index in [1.54, 1.807) is 0 Å². The summed E-state index contributed by atoms with van der Waals surface area (Å²) in [6.07, 6.45) is 0. The standard InChI is InChI=1S/C11H11NO2/c1-13-10(8-12)11(14-2)9-6-4-3-5-7-9/h3-7H,1-2H3. The highest BCUT2D eigenvalue weighted by atomic mass is 16.5. The lowest BCUT2D eigenvalue weighted by Crippen LogP contribution is -1.94. The Kier molecular flexibility index (Phi) is 3.57.